The first kappa shape index (κ1) is 25.5. The molecule has 0 bridgehead atoms. The molecule has 186 valence electrons. The van der Waals surface area contributed by atoms with Crippen molar-refractivity contribution >= 4 is 39.9 Å². The number of methoxy groups -OCH3 is 1. The van der Waals surface area contributed by atoms with Crippen LogP contribution in [-0.2, 0) is 16.0 Å². The monoisotopic (exact) mass is 520 g/mol. The van der Waals surface area contributed by atoms with Crippen LogP contribution in [0.2, 0.25) is 5.02 Å². The van der Waals surface area contributed by atoms with Crippen molar-refractivity contribution in [3.05, 3.63) is 69.8 Å². The molecule has 0 saturated carbocycles. The van der Waals surface area contributed by atoms with E-state index in [4.69, 9.17) is 16.3 Å². The van der Waals surface area contributed by atoms with Gasteiger partial charge in [0.1, 0.15) is 17.5 Å². The number of piperidine rings is 1. The van der Waals surface area contributed by atoms with Crippen LogP contribution in [0, 0.1) is 17.0 Å². The Kier molecular flexibility index (Phi) is 7.68. The fourth-order valence-electron chi connectivity index (χ4n) is 4.97. The fourth-order valence-corrected chi connectivity index (χ4v) is 5.69. The van der Waals surface area contributed by atoms with Crippen molar-refractivity contribution < 1.29 is 18.3 Å². The minimum absolute atomic E-state index is 0.0794. The maximum Gasteiger partial charge on any atom is 0.312 e. The summed E-state index contributed by atoms with van der Waals surface area (Å²) in [5.74, 6) is -0.867. The van der Waals surface area contributed by atoms with E-state index in [1.54, 1.807) is 18.3 Å². The number of likely N-dealkylation sites (tertiary alicyclic amines) is 1. The Balaban J connectivity index is 1.57. The van der Waals surface area contributed by atoms with Crippen molar-refractivity contribution in [2.24, 2.45) is 5.41 Å². The molecule has 35 heavy (non-hydrogen) atoms. The number of ether oxygens (including phenoxy) is 1. The molecule has 1 fully saturated rings. The lowest BCUT2D eigenvalue weighted by Gasteiger charge is -2.46. The molecule has 2 aromatic heterocycles. The van der Waals surface area contributed by atoms with Crippen LogP contribution in [0.25, 0.3) is 0 Å². The second-order valence-corrected chi connectivity index (χ2v) is 10.2. The van der Waals surface area contributed by atoms with Gasteiger partial charge in [-0.25, -0.2) is 18.7 Å². The van der Waals surface area contributed by atoms with Crippen molar-refractivity contribution in [1.82, 2.24) is 14.9 Å². The van der Waals surface area contributed by atoms with Gasteiger partial charge in [0.15, 0.2) is 5.13 Å². The lowest BCUT2D eigenvalue weighted by atomic mass is 9.71. The maximum atomic E-state index is 14.8. The number of hydrogen-bond acceptors (Lipinski definition) is 7. The average Bonchev–Trinajstić information content (AvgIpc) is 3.35. The second kappa shape index (κ2) is 10.6. The van der Waals surface area contributed by atoms with E-state index in [2.05, 4.69) is 20.2 Å². The summed E-state index contributed by atoms with van der Waals surface area (Å²) in [4.78, 5) is 23.8. The highest BCUT2D eigenvalue weighted by molar-refractivity contribution is 7.13. The number of benzene rings is 1. The maximum absolute atomic E-state index is 14.8. The first-order chi connectivity index (χ1) is 16.7. The number of nitrogens with one attached hydrogen (secondary N) is 1. The lowest BCUT2D eigenvalue weighted by molar-refractivity contribution is -0.158. The number of aromatic nitrogens is 2. The van der Waals surface area contributed by atoms with Crippen LogP contribution < -0.4 is 5.32 Å². The average molecular weight is 521 g/mol. The summed E-state index contributed by atoms with van der Waals surface area (Å²) in [6.07, 6.45) is 2.59. The molecular weight excluding hydrogens is 494 g/mol. The first-order valence-corrected chi connectivity index (χ1v) is 12.6. The quantitative estimate of drug-likeness (QED) is 0.376. The standard InChI is InChI=1S/C25H27ClF2N4O2S/c1-15-13-25(23(33)34-3,9-11-32(15)16(2)17-5-4-6-18(26)22(17)28)14-20-19(27)7-8-21(30-20)31-24-29-10-12-35-24/h4-8,10,12,15-16H,9,11,13-14H2,1-3H3,(H,29,30,31). The molecule has 1 saturated heterocycles. The molecule has 6 nitrogen and oxygen atoms in total. The lowest BCUT2D eigenvalue weighted by Crippen LogP contribution is -2.51. The van der Waals surface area contributed by atoms with E-state index in [1.807, 2.05) is 19.2 Å². The Morgan fingerprint density at radius 3 is 2.86 bits per heavy atom. The van der Waals surface area contributed by atoms with Gasteiger partial charge in [-0.1, -0.05) is 23.7 Å². The van der Waals surface area contributed by atoms with Gasteiger partial charge in [-0.2, -0.15) is 0 Å². The first-order valence-electron chi connectivity index (χ1n) is 11.3. The predicted octanol–water partition coefficient (Wildman–Crippen LogP) is 6.16. The van der Waals surface area contributed by atoms with Crippen LogP contribution in [0.1, 0.15) is 44.0 Å². The Bertz CT molecular complexity index is 1200. The number of carbonyl (C=O) groups is 1. The third kappa shape index (κ3) is 5.32. The normalized spacial score (nSPS) is 21.5. The van der Waals surface area contributed by atoms with Crippen LogP contribution >= 0.6 is 22.9 Å². The molecule has 1 aliphatic heterocycles. The molecule has 1 aromatic carbocycles. The largest absolute Gasteiger partial charge is 0.469 e. The van der Waals surface area contributed by atoms with E-state index >= 15 is 0 Å². The zero-order valence-corrected chi connectivity index (χ0v) is 21.3. The predicted molar refractivity (Wildman–Crippen MR) is 133 cm³/mol. The van der Waals surface area contributed by atoms with Crippen molar-refractivity contribution in [3.8, 4) is 0 Å². The molecule has 4 rings (SSSR count). The summed E-state index contributed by atoms with van der Waals surface area (Å²) in [5, 5.41) is 5.61. The van der Waals surface area contributed by atoms with Crippen molar-refractivity contribution in [2.75, 3.05) is 19.0 Å². The summed E-state index contributed by atoms with van der Waals surface area (Å²) in [6, 6.07) is 7.50. The number of rotatable bonds is 7. The highest BCUT2D eigenvalue weighted by atomic mass is 35.5. The van der Waals surface area contributed by atoms with Gasteiger partial charge in [-0.05, 0) is 44.9 Å². The van der Waals surface area contributed by atoms with Gasteiger partial charge >= 0.3 is 5.97 Å². The number of carbonyl (C=O) groups excluding carboxylic acids is 1. The van der Waals surface area contributed by atoms with Gasteiger partial charge in [0.2, 0.25) is 0 Å². The molecule has 0 spiro atoms. The highest BCUT2D eigenvalue weighted by Gasteiger charge is 2.47. The number of anilines is 2. The molecule has 10 heteroatoms. The van der Waals surface area contributed by atoms with Crippen molar-refractivity contribution in [3.63, 3.8) is 0 Å². The molecular formula is C25H27ClF2N4O2S. The molecule has 0 amide bonds. The second-order valence-electron chi connectivity index (χ2n) is 8.90. The zero-order chi connectivity index (χ0) is 25.2. The van der Waals surface area contributed by atoms with Crippen molar-refractivity contribution in [2.45, 2.75) is 45.2 Å². The number of esters is 1. The van der Waals surface area contributed by atoms with Gasteiger partial charge in [0.25, 0.3) is 0 Å². The van der Waals surface area contributed by atoms with Gasteiger partial charge in [-0.3, -0.25) is 9.69 Å². The fraction of sp³-hybridized carbons (Fsp3) is 0.400. The van der Waals surface area contributed by atoms with Gasteiger partial charge < -0.3 is 10.1 Å². The molecule has 1 aliphatic rings. The van der Waals surface area contributed by atoms with Crippen LogP contribution in [0.15, 0.2) is 41.9 Å². The molecule has 0 radical (unpaired) electrons. The smallest absolute Gasteiger partial charge is 0.312 e. The number of thiazole rings is 1. The Labute approximate surface area is 212 Å². The van der Waals surface area contributed by atoms with Crippen LogP contribution in [0.5, 0.6) is 0 Å². The molecule has 3 atom stereocenters. The van der Waals surface area contributed by atoms with E-state index in [-0.39, 0.29) is 29.2 Å². The summed E-state index contributed by atoms with van der Waals surface area (Å²) in [7, 11) is 1.34. The van der Waals surface area contributed by atoms with Gasteiger partial charge in [0, 0.05) is 42.2 Å². The molecule has 3 aromatic rings. The summed E-state index contributed by atoms with van der Waals surface area (Å²) in [5.41, 5.74) is -0.264. The van der Waals surface area contributed by atoms with E-state index in [1.165, 1.54) is 36.6 Å². The molecule has 0 aliphatic carbocycles. The Hall–Kier alpha value is -2.62. The third-order valence-corrected chi connectivity index (χ3v) is 7.72. The molecule has 3 unspecified atom stereocenters. The minimum atomic E-state index is -0.953. The van der Waals surface area contributed by atoms with Crippen LogP contribution in [0.3, 0.4) is 0 Å². The summed E-state index contributed by atoms with van der Waals surface area (Å²) >= 11 is 7.40. The van der Waals surface area contributed by atoms with Crippen molar-refractivity contribution in [1.29, 1.82) is 0 Å². The van der Waals surface area contributed by atoms with Gasteiger partial charge in [-0.15, -0.1) is 11.3 Å². The topological polar surface area (TPSA) is 67.3 Å². The van der Waals surface area contributed by atoms with E-state index in [0.717, 1.165) is 0 Å². The van der Waals surface area contributed by atoms with Crippen LogP contribution in [0.4, 0.5) is 19.7 Å². The third-order valence-electron chi connectivity index (χ3n) is 6.74. The summed E-state index contributed by atoms with van der Waals surface area (Å²) < 4.78 is 34.7. The van der Waals surface area contributed by atoms with E-state index < -0.39 is 23.0 Å². The Morgan fingerprint density at radius 2 is 2.17 bits per heavy atom. The highest BCUT2D eigenvalue weighted by Crippen LogP contribution is 2.42. The number of pyridine rings is 1. The van der Waals surface area contributed by atoms with Crippen LogP contribution in [-0.4, -0.2) is 40.5 Å². The minimum Gasteiger partial charge on any atom is -0.469 e. The Morgan fingerprint density at radius 1 is 1.37 bits per heavy atom. The SMILES string of the molecule is COC(=O)C1(Cc2nc(Nc3nccs3)ccc2F)CCN(C(C)c2cccc(Cl)c2F)C(C)C1. The zero-order valence-electron chi connectivity index (χ0n) is 19.7. The molecule has 1 N–H and O–H groups in total. The summed E-state index contributed by atoms with van der Waals surface area (Å²) in [6.45, 7) is 4.41. The van der Waals surface area contributed by atoms with Gasteiger partial charge in [0.05, 0.1) is 23.2 Å². The number of nitrogens with zero attached hydrogens (tertiary/aromatic N) is 3. The number of halogens is 3. The van der Waals surface area contributed by atoms with E-state index in [9.17, 15) is 13.6 Å². The van der Waals surface area contributed by atoms with E-state index in [0.29, 0.717) is 35.9 Å². The number of hydrogen-bond donors (Lipinski definition) is 1. The molecule has 3 heterocycles.